The molecule has 5 heteroatoms. The Morgan fingerprint density at radius 3 is 2.71 bits per heavy atom. The summed E-state index contributed by atoms with van der Waals surface area (Å²) in [6, 6.07) is 14.1. The largest absolute Gasteiger partial charge is 0.467 e. The summed E-state index contributed by atoms with van der Waals surface area (Å²) in [6.45, 7) is 1.91. The maximum atomic E-state index is 5.67. The van der Waals surface area contributed by atoms with Crippen molar-refractivity contribution < 1.29 is 4.42 Å². The maximum absolute atomic E-state index is 5.67. The first-order valence-corrected chi connectivity index (χ1v) is 8.30. The third-order valence-corrected chi connectivity index (χ3v) is 4.37. The van der Waals surface area contributed by atoms with Gasteiger partial charge in [0.05, 0.1) is 12.0 Å². The summed E-state index contributed by atoms with van der Waals surface area (Å²) in [5, 5.41) is 7.00. The molecule has 3 aromatic rings. The van der Waals surface area contributed by atoms with E-state index in [2.05, 4.69) is 32.7 Å². The number of nitrogens with zero attached hydrogens (tertiary/aromatic N) is 2. The molecule has 122 valence electrons. The third kappa shape index (κ3) is 3.03. The van der Waals surface area contributed by atoms with Gasteiger partial charge < -0.3 is 15.1 Å². The van der Waals surface area contributed by atoms with Crippen molar-refractivity contribution >= 4 is 5.82 Å². The van der Waals surface area contributed by atoms with E-state index >= 15 is 0 Å². The number of aromatic nitrogens is 2. The van der Waals surface area contributed by atoms with Gasteiger partial charge in [-0.3, -0.25) is 0 Å². The number of nitrogens with one attached hydrogen (secondary N) is 2. The number of hydrogen-bond donors (Lipinski definition) is 2. The smallest absolute Gasteiger partial charge is 0.133 e. The van der Waals surface area contributed by atoms with E-state index in [0.717, 1.165) is 48.8 Å². The van der Waals surface area contributed by atoms with Gasteiger partial charge >= 0.3 is 0 Å². The molecule has 1 aliphatic heterocycles. The first-order chi connectivity index (χ1) is 11.9. The van der Waals surface area contributed by atoms with Crippen molar-refractivity contribution in [1.82, 2.24) is 15.3 Å². The Balaban J connectivity index is 1.71. The average Bonchev–Trinajstić information content (AvgIpc) is 3.05. The minimum absolute atomic E-state index is 0.0728. The first-order valence-electron chi connectivity index (χ1n) is 8.30. The second-order valence-electron chi connectivity index (χ2n) is 5.90. The van der Waals surface area contributed by atoms with Crippen LogP contribution >= 0.6 is 0 Å². The van der Waals surface area contributed by atoms with Crippen molar-refractivity contribution in [2.45, 2.75) is 18.9 Å². The van der Waals surface area contributed by atoms with E-state index in [1.807, 2.05) is 30.3 Å². The first kappa shape index (κ1) is 14.9. The molecule has 24 heavy (non-hydrogen) atoms. The zero-order chi connectivity index (χ0) is 16.2. The maximum Gasteiger partial charge on any atom is 0.133 e. The minimum atomic E-state index is -0.0728. The van der Waals surface area contributed by atoms with Crippen LogP contribution in [0.15, 0.2) is 59.5 Å². The lowest BCUT2D eigenvalue weighted by molar-refractivity contribution is 0.498. The molecule has 1 atom stereocenters. The van der Waals surface area contributed by atoms with Gasteiger partial charge in [-0.25, -0.2) is 9.97 Å². The summed E-state index contributed by atoms with van der Waals surface area (Å²) in [5.74, 6) is 1.77. The molecule has 0 unspecified atom stereocenters. The Hall–Kier alpha value is -2.66. The molecule has 0 aliphatic carbocycles. The molecule has 0 saturated carbocycles. The second-order valence-corrected chi connectivity index (χ2v) is 5.90. The molecule has 0 radical (unpaired) electrons. The van der Waals surface area contributed by atoms with Crippen LogP contribution in [0.1, 0.15) is 28.6 Å². The topological polar surface area (TPSA) is 63.0 Å². The van der Waals surface area contributed by atoms with Gasteiger partial charge in [0.2, 0.25) is 0 Å². The van der Waals surface area contributed by atoms with E-state index in [1.165, 1.54) is 5.56 Å². The molecular weight excluding hydrogens is 300 g/mol. The van der Waals surface area contributed by atoms with Gasteiger partial charge in [-0.2, -0.15) is 0 Å². The van der Waals surface area contributed by atoms with Crippen molar-refractivity contribution in [1.29, 1.82) is 0 Å². The molecule has 2 aromatic heterocycles. The summed E-state index contributed by atoms with van der Waals surface area (Å²) in [6.07, 6.45) is 5.22. The van der Waals surface area contributed by atoms with Crippen LogP contribution in [0.25, 0.3) is 0 Å². The number of rotatable bonds is 4. The Labute approximate surface area is 141 Å². The van der Waals surface area contributed by atoms with E-state index in [4.69, 9.17) is 4.42 Å². The van der Waals surface area contributed by atoms with Crippen LogP contribution in [0.4, 0.5) is 5.82 Å². The van der Waals surface area contributed by atoms with Gasteiger partial charge in [0.1, 0.15) is 23.9 Å². The third-order valence-electron chi connectivity index (χ3n) is 4.37. The molecule has 0 fully saturated rings. The van der Waals surface area contributed by atoms with Gasteiger partial charge in [0.25, 0.3) is 0 Å². The van der Waals surface area contributed by atoms with Gasteiger partial charge in [0, 0.05) is 18.5 Å². The van der Waals surface area contributed by atoms with E-state index in [1.54, 1.807) is 12.6 Å². The highest BCUT2D eigenvalue weighted by Gasteiger charge is 2.21. The van der Waals surface area contributed by atoms with E-state index in [0.29, 0.717) is 0 Å². The SMILES string of the molecule is c1ccc([C@@H](Nc2ncnc3c2CCNCC3)c2ccco2)cc1. The Morgan fingerprint density at radius 1 is 1.00 bits per heavy atom. The number of hydrogen-bond acceptors (Lipinski definition) is 5. The molecule has 0 bridgehead atoms. The summed E-state index contributed by atoms with van der Waals surface area (Å²) in [5.41, 5.74) is 3.48. The quantitative estimate of drug-likeness (QED) is 0.774. The van der Waals surface area contributed by atoms with Crippen LogP contribution < -0.4 is 10.6 Å². The Morgan fingerprint density at radius 2 is 1.88 bits per heavy atom. The van der Waals surface area contributed by atoms with Crippen LogP contribution in [0, 0.1) is 0 Å². The standard InChI is InChI=1S/C19H20N4O/c1-2-5-14(6-3-1)18(17-7-4-12-24-17)23-19-15-8-10-20-11-9-16(15)21-13-22-19/h1-7,12-13,18,20H,8-11H2,(H,21,22,23)/t18-/m1/s1. The van der Waals surface area contributed by atoms with Crippen molar-refractivity contribution in [3.05, 3.63) is 77.6 Å². The second kappa shape index (κ2) is 6.84. The lowest BCUT2D eigenvalue weighted by Gasteiger charge is -2.20. The average molecular weight is 320 g/mol. The molecule has 0 spiro atoms. The number of furan rings is 1. The highest BCUT2D eigenvalue weighted by molar-refractivity contribution is 5.50. The van der Waals surface area contributed by atoms with Gasteiger partial charge in [-0.15, -0.1) is 0 Å². The summed E-state index contributed by atoms with van der Waals surface area (Å²) >= 11 is 0. The normalized spacial score (nSPS) is 15.3. The zero-order valence-electron chi connectivity index (χ0n) is 13.4. The predicted molar refractivity (Wildman–Crippen MR) is 92.9 cm³/mol. The van der Waals surface area contributed by atoms with E-state index in [9.17, 15) is 0 Å². The van der Waals surface area contributed by atoms with Crippen LogP contribution in [-0.4, -0.2) is 23.1 Å². The van der Waals surface area contributed by atoms with Gasteiger partial charge in [-0.1, -0.05) is 30.3 Å². The van der Waals surface area contributed by atoms with Crippen molar-refractivity contribution in [2.75, 3.05) is 18.4 Å². The number of fused-ring (bicyclic) bond motifs is 1. The highest BCUT2D eigenvalue weighted by Crippen LogP contribution is 2.28. The highest BCUT2D eigenvalue weighted by atomic mass is 16.3. The van der Waals surface area contributed by atoms with Gasteiger partial charge in [0.15, 0.2) is 0 Å². The fourth-order valence-electron chi connectivity index (χ4n) is 3.15. The van der Waals surface area contributed by atoms with Crippen molar-refractivity contribution in [2.24, 2.45) is 0 Å². The van der Waals surface area contributed by atoms with Crippen LogP contribution in [0.3, 0.4) is 0 Å². The summed E-state index contributed by atoms with van der Waals surface area (Å²) < 4.78 is 5.67. The van der Waals surface area contributed by atoms with Gasteiger partial charge in [-0.05, 0) is 30.7 Å². The van der Waals surface area contributed by atoms with Crippen molar-refractivity contribution in [3.63, 3.8) is 0 Å². The number of anilines is 1. The fourth-order valence-corrected chi connectivity index (χ4v) is 3.15. The molecule has 4 rings (SSSR count). The summed E-state index contributed by atoms with van der Waals surface area (Å²) in [7, 11) is 0. The van der Waals surface area contributed by atoms with E-state index < -0.39 is 0 Å². The Bertz CT molecular complexity index is 786. The molecule has 2 N–H and O–H groups in total. The van der Waals surface area contributed by atoms with Crippen LogP contribution in [0.2, 0.25) is 0 Å². The van der Waals surface area contributed by atoms with Crippen LogP contribution in [-0.2, 0) is 12.8 Å². The zero-order valence-corrected chi connectivity index (χ0v) is 13.4. The summed E-state index contributed by atoms with van der Waals surface area (Å²) in [4.78, 5) is 8.99. The molecule has 0 amide bonds. The molecule has 1 aliphatic rings. The van der Waals surface area contributed by atoms with Crippen molar-refractivity contribution in [3.8, 4) is 0 Å². The lowest BCUT2D eigenvalue weighted by Crippen LogP contribution is -2.17. The molecule has 1 aromatic carbocycles. The molecular formula is C19H20N4O. The Kier molecular flexibility index (Phi) is 4.25. The number of benzene rings is 1. The fraction of sp³-hybridized carbons (Fsp3) is 0.263. The van der Waals surface area contributed by atoms with E-state index in [-0.39, 0.29) is 6.04 Å². The monoisotopic (exact) mass is 320 g/mol. The lowest BCUT2D eigenvalue weighted by atomic mass is 10.0. The van der Waals surface area contributed by atoms with Crippen LogP contribution in [0.5, 0.6) is 0 Å². The molecule has 3 heterocycles. The minimum Gasteiger partial charge on any atom is -0.467 e. The molecule has 5 nitrogen and oxygen atoms in total. The predicted octanol–water partition coefficient (Wildman–Crippen LogP) is 2.96. The molecule has 0 saturated heterocycles.